The Kier molecular flexibility index (Phi) is 4.05. The molecule has 0 bridgehead atoms. The van der Waals surface area contributed by atoms with Gasteiger partial charge in [0.2, 0.25) is 0 Å². The van der Waals surface area contributed by atoms with Crippen molar-refractivity contribution >= 4 is 22.7 Å². The molecule has 92 valence electrons. The van der Waals surface area contributed by atoms with Gasteiger partial charge in [0.15, 0.2) is 0 Å². The highest BCUT2D eigenvalue weighted by Gasteiger charge is 2.11. The predicted molar refractivity (Wildman–Crippen MR) is 79.6 cm³/mol. The lowest BCUT2D eigenvalue weighted by atomic mass is 10.0. The summed E-state index contributed by atoms with van der Waals surface area (Å²) in [5.74, 6) is 1.30. The van der Waals surface area contributed by atoms with Crippen molar-refractivity contribution in [2.75, 3.05) is 0 Å². The highest BCUT2D eigenvalue weighted by Crippen LogP contribution is 2.29. The van der Waals surface area contributed by atoms with Gasteiger partial charge < -0.3 is 0 Å². The van der Waals surface area contributed by atoms with Gasteiger partial charge in [0.05, 0.1) is 0 Å². The van der Waals surface area contributed by atoms with Crippen molar-refractivity contribution in [2.45, 2.75) is 46.0 Å². The van der Waals surface area contributed by atoms with Crippen LogP contribution < -0.4 is 0 Å². The second kappa shape index (κ2) is 5.36. The van der Waals surface area contributed by atoms with Crippen LogP contribution in [0.2, 0.25) is 0 Å². The molecule has 0 N–H and O–H groups in total. The maximum atomic E-state index is 2.38. The van der Waals surface area contributed by atoms with E-state index in [9.17, 15) is 0 Å². The Morgan fingerprint density at radius 1 is 1.00 bits per heavy atom. The molecule has 0 fully saturated rings. The van der Waals surface area contributed by atoms with Crippen molar-refractivity contribution in [3.63, 3.8) is 0 Å². The van der Waals surface area contributed by atoms with Crippen molar-refractivity contribution < 1.29 is 0 Å². The minimum absolute atomic E-state index is 0.642. The highest BCUT2D eigenvalue weighted by atomic mass is 32.1. The Hall–Kier alpha value is -0.600. The van der Waals surface area contributed by atoms with E-state index in [0.29, 0.717) is 11.8 Å². The Bertz CT molecular complexity index is 477. The summed E-state index contributed by atoms with van der Waals surface area (Å²) in [6.07, 6.45) is 1.17. The first-order valence-electron chi connectivity index (χ1n) is 6.18. The number of hydrogen-bond acceptors (Lipinski definition) is 2. The molecule has 0 aliphatic carbocycles. The molecule has 0 saturated heterocycles. The van der Waals surface area contributed by atoms with Crippen LogP contribution in [0.5, 0.6) is 0 Å². The van der Waals surface area contributed by atoms with E-state index in [0.717, 1.165) is 0 Å². The van der Waals surface area contributed by atoms with Gasteiger partial charge in [-0.2, -0.15) is 0 Å². The summed E-state index contributed by atoms with van der Waals surface area (Å²) >= 11 is 3.80. The summed E-state index contributed by atoms with van der Waals surface area (Å²) in [5, 5.41) is 4.57. The van der Waals surface area contributed by atoms with Gasteiger partial charge in [-0.05, 0) is 59.2 Å². The van der Waals surface area contributed by atoms with Gasteiger partial charge in [-0.25, -0.2) is 0 Å². The van der Waals surface area contributed by atoms with Crippen LogP contribution in [0, 0.1) is 6.92 Å². The van der Waals surface area contributed by atoms with Gasteiger partial charge in [0, 0.05) is 9.75 Å². The lowest BCUT2D eigenvalue weighted by molar-refractivity contribution is 0.775. The molecule has 0 amide bonds. The fourth-order valence-electron chi connectivity index (χ4n) is 1.97. The average Bonchev–Trinajstić information content (AvgIpc) is 2.86. The third-order valence-electron chi connectivity index (χ3n) is 3.02. The van der Waals surface area contributed by atoms with Crippen LogP contribution >= 0.6 is 22.7 Å². The van der Waals surface area contributed by atoms with E-state index in [4.69, 9.17) is 0 Å². The van der Waals surface area contributed by atoms with E-state index in [2.05, 4.69) is 50.6 Å². The van der Waals surface area contributed by atoms with Crippen LogP contribution in [0.25, 0.3) is 0 Å². The van der Waals surface area contributed by atoms with Gasteiger partial charge in [-0.15, -0.1) is 22.7 Å². The summed E-state index contributed by atoms with van der Waals surface area (Å²) in [4.78, 5) is 3.02. The van der Waals surface area contributed by atoms with Crippen molar-refractivity contribution in [1.82, 2.24) is 0 Å². The van der Waals surface area contributed by atoms with Gasteiger partial charge in [-0.1, -0.05) is 20.8 Å². The van der Waals surface area contributed by atoms with Gasteiger partial charge in [0.1, 0.15) is 0 Å². The predicted octanol–water partition coefficient (Wildman–Crippen LogP) is 5.59. The molecule has 0 aromatic carbocycles. The summed E-state index contributed by atoms with van der Waals surface area (Å²) in [5.41, 5.74) is 2.89. The smallest absolute Gasteiger partial charge is 0.00794 e. The molecular weight excluding hydrogens is 244 g/mol. The number of hydrogen-bond donors (Lipinski definition) is 0. The molecule has 0 aliphatic heterocycles. The average molecular weight is 264 g/mol. The quantitative estimate of drug-likeness (QED) is 0.675. The molecular formula is C15H20S2. The second-order valence-corrected chi connectivity index (χ2v) is 7.03. The van der Waals surface area contributed by atoms with E-state index in [-0.39, 0.29) is 0 Å². The van der Waals surface area contributed by atoms with Crippen LogP contribution in [0.1, 0.15) is 53.5 Å². The van der Waals surface area contributed by atoms with E-state index in [1.807, 2.05) is 22.7 Å². The maximum Gasteiger partial charge on any atom is 0.00794 e. The van der Waals surface area contributed by atoms with Crippen LogP contribution in [-0.2, 0) is 6.42 Å². The normalized spacial score (nSPS) is 13.2. The molecule has 2 aromatic heterocycles. The molecule has 1 unspecified atom stereocenters. The first kappa shape index (κ1) is 12.8. The largest absolute Gasteiger partial charge is 0.148 e. The van der Waals surface area contributed by atoms with Crippen LogP contribution in [-0.4, -0.2) is 0 Å². The molecule has 0 spiro atoms. The van der Waals surface area contributed by atoms with E-state index >= 15 is 0 Å². The summed E-state index contributed by atoms with van der Waals surface area (Å²) in [6, 6.07) is 4.71. The molecule has 0 nitrogen and oxygen atoms in total. The molecule has 2 heteroatoms. The highest BCUT2D eigenvalue weighted by molar-refractivity contribution is 7.10. The lowest BCUT2D eigenvalue weighted by Crippen LogP contribution is -1.94. The zero-order valence-electron chi connectivity index (χ0n) is 11.0. The topological polar surface area (TPSA) is 0 Å². The van der Waals surface area contributed by atoms with Crippen molar-refractivity contribution in [3.05, 3.63) is 43.8 Å². The Morgan fingerprint density at radius 3 is 2.24 bits per heavy atom. The number of thiophene rings is 2. The summed E-state index contributed by atoms with van der Waals surface area (Å²) in [6.45, 7) is 9.04. The molecule has 2 heterocycles. The third kappa shape index (κ3) is 3.20. The molecule has 17 heavy (non-hydrogen) atoms. The molecule has 0 radical (unpaired) electrons. The van der Waals surface area contributed by atoms with Crippen molar-refractivity contribution in [3.8, 4) is 0 Å². The van der Waals surface area contributed by atoms with Crippen LogP contribution in [0.4, 0.5) is 0 Å². The van der Waals surface area contributed by atoms with Crippen LogP contribution in [0.3, 0.4) is 0 Å². The van der Waals surface area contributed by atoms with E-state index < -0.39 is 0 Å². The molecule has 2 aromatic rings. The second-order valence-electron chi connectivity index (χ2n) is 5.14. The zero-order chi connectivity index (χ0) is 12.4. The van der Waals surface area contributed by atoms with Crippen LogP contribution in [0.15, 0.2) is 22.9 Å². The van der Waals surface area contributed by atoms with E-state index in [1.165, 1.54) is 27.3 Å². The maximum absolute atomic E-state index is 2.38. The van der Waals surface area contributed by atoms with Crippen molar-refractivity contribution in [2.24, 2.45) is 0 Å². The van der Waals surface area contributed by atoms with Gasteiger partial charge >= 0.3 is 0 Å². The van der Waals surface area contributed by atoms with Crippen molar-refractivity contribution in [1.29, 1.82) is 0 Å². The minimum atomic E-state index is 0.642. The fourth-order valence-corrected chi connectivity index (χ4v) is 3.87. The van der Waals surface area contributed by atoms with Gasteiger partial charge in [-0.3, -0.25) is 0 Å². The standard InChI is InChI=1S/C15H20S2/c1-10(2)14-7-13(9-17-14)6-12(4)15-5-11(3)8-16-15/h5,7-10,12H,6H2,1-4H3. The molecule has 0 aliphatic rings. The Balaban J connectivity index is 2.05. The number of rotatable bonds is 4. The molecule has 0 saturated carbocycles. The Morgan fingerprint density at radius 2 is 1.71 bits per heavy atom. The molecule has 2 rings (SSSR count). The van der Waals surface area contributed by atoms with E-state index in [1.54, 1.807) is 0 Å². The number of aryl methyl sites for hydroxylation is 1. The van der Waals surface area contributed by atoms with Gasteiger partial charge in [0.25, 0.3) is 0 Å². The monoisotopic (exact) mass is 264 g/mol. The Labute approximate surface area is 112 Å². The first-order chi connectivity index (χ1) is 8.06. The lowest BCUT2D eigenvalue weighted by Gasteiger charge is -2.07. The SMILES string of the molecule is Cc1csc(C(C)Cc2csc(C(C)C)c2)c1. The fraction of sp³-hybridized carbons (Fsp3) is 0.467. The zero-order valence-corrected chi connectivity index (χ0v) is 12.6. The summed E-state index contributed by atoms with van der Waals surface area (Å²) in [7, 11) is 0. The summed E-state index contributed by atoms with van der Waals surface area (Å²) < 4.78 is 0. The molecule has 1 atom stereocenters. The minimum Gasteiger partial charge on any atom is -0.148 e. The first-order valence-corrected chi connectivity index (χ1v) is 7.94. The third-order valence-corrected chi connectivity index (χ3v) is 5.59.